The zero-order valence-electron chi connectivity index (χ0n) is 14.2. The Labute approximate surface area is 125 Å². The van der Waals surface area contributed by atoms with Crippen molar-refractivity contribution in [2.45, 2.75) is 73.3 Å². The van der Waals surface area contributed by atoms with Crippen LogP contribution >= 0.6 is 0 Å². The fraction of sp³-hybridized carbons (Fsp3) is 0.684. The highest BCUT2D eigenvalue weighted by molar-refractivity contribution is 5.50. The summed E-state index contributed by atoms with van der Waals surface area (Å²) < 4.78 is 0. The van der Waals surface area contributed by atoms with Gasteiger partial charge in [0, 0.05) is 6.04 Å². The first-order chi connectivity index (χ1) is 9.47. The molecular weight excluding hydrogens is 242 g/mol. The fourth-order valence-corrected chi connectivity index (χ4v) is 3.36. The van der Waals surface area contributed by atoms with Crippen LogP contribution in [-0.2, 0) is 0 Å². The molecule has 0 heterocycles. The average Bonchev–Trinajstić information content (AvgIpc) is 3.24. The molecule has 1 aromatic rings. The van der Waals surface area contributed by atoms with E-state index in [2.05, 4.69) is 46.9 Å². The molecule has 0 aromatic heterocycles. The second-order valence-corrected chi connectivity index (χ2v) is 6.72. The Morgan fingerprint density at radius 2 is 1.40 bits per heavy atom. The van der Waals surface area contributed by atoms with Gasteiger partial charge in [0.25, 0.3) is 0 Å². The van der Waals surface area contributed by atoms with Crippen molar-refractivity contribution in [3.05, 3.63) is 33.4 Å². The summed E-state index contributed by atoms with van der Waals surface area (Å²) in [5.74, 6) is 0.963. The monoisotopic (exact) mass is 273 g/mol. The molecule has 1 atom stereocenters. The lowest BCUT2D eigenvalue weighted by atomic mass is 9.84. The third-order valence-corrected chi connectivity index (χ3v) is 5.31. The van der Waals surface area contributed by atoms with Crippen LogP contribution in [0.4, 0.5) is 0 Å². The third-order valence-electron chi connectivity index (χ3n) is 5.31. The molecule has 1 aliphatic carbocycles. The van der Waals surface area contributed by atoms with Gasteiger partial charge in [-0.2, -0.15) is 0 Å². The van der Waals surface area contributed by atoms with Crippen LogP contribution in [0.25, 0.3) is 0 Å². The Bertz CT molecular complexity index is 454. The van der Waals surface area contributed by atoms with E-state index in [-0.39, 0.29) is 0 Å². The van der Waals surface area contributed by atoms with Gasteiger partial charge in [-0.1, -0.05) is 19.8 Å². The zero-order chi connectivity index (χ0) is 14.9. The molecule has 2 rings (SSSR count). The van der Waals surface area contributed by atoms with Gasteiger partial charge >= 0.3 is 0 Å². The summed E-state index contributed by atoms with van der Waals surface area (Å²) in [6, 6.07) is 0.556. The van der Waals surface area contributed by atoms with Crippen molar-refractivity contribution in [2.24, 2.45) is 5.92 Å². The molecule has 1 nitrogen and oxygen atoms in total. The van der Waals surface area contributed by atoms with Gasteiger partial charge in [-0.25, -0.2) is 0 Å². The normalized spacial score (nSPS) is 16.5. The van der Waals surface area contributed by atoms with Crippen molar-refractivity contribution in [3.8, 4) is 0 Å². The highest BCUT2D eigenvalue weighted by Gasteiger charge is 2.28. The molecule has 1 fully saturated rings. The Morgan fingerprint density at radius 1 is 0.900 bits per heavy atom. The molecule has 0 radical (unpaired) electrons. The first-order valence-electron chi connectivity index (χ1n) is 8.27. The van der Waals surface area contributed by atoms with E-state index in [0.29, 0.717) is 6.04 Å². The largest absolute Gasteiger partial charge is 0.310 e. The summed E-state index contributed by atoms with van der Waals surface area (Å²) >= 11 is 0. The van der Waals surface area contributed by atoms with E-state index in [4.69, 9.17) is 0 Å². The van der Waals surface area contributed by atoms with Crippen LogP contribution in [-0.4, -0.2) is 6.54 Å². The van der Waals surface area contributed by atoms with Crippen molar-refractivity contribution in [1.29, 1.82) is 0 Å². The second-order valence-electron chi connectivity index (χ2n) is 6.72. The average molecular weight is 273 g/mol. The number of hydrogen-bond acceptors (Lipinski definition) is 1. The summed E-state index contributed by atoms with van der Waals surface area (Å²) in [5, 5.41) is 3.81. The fourth-order valence-electron chi connectivity index (χ4n) is 3.36. The molecule has 1 saturated carbocycles. The Kier molecular flexibility index (Phi) is 4.90. The molecule has 1 unspecified atom stereocenters. The molecule has 20 heavy (non-hydrogen) atoms. The minimum atomic E-state index is 0.556. The molecule has 1 N–H and O–H groups in total. The van der Waals surface area contributed by atoms with E-state index < -0.39 is 0 Å². The van der Waals surface area contributed by atoms with Crippen LogP contribution in [0.1, 0.15) is 72.0 Å². The van der Waals surface area contributed by atoms with Gasteiger partial charge in [-0.15, -0.1) is 0 Å². The SMILES string of the molecule is CCCNC(CC1CC1)c1c(C)c(C)c(C)c(C)c1C. The number of nitrogens with one attached hydrogen (secondary N) is 1. The molecule has 0 amide bonds. The van der Waals surface area contributed by atoms with Crippen LogP contribution in [0.5, 0.6) is 0 Å². The maximum absolute atomic E-state index is 3.81. The van der Waals surface area contributed by atoms with Crippen LogP contribution in [0.2, 0.25) is 0 Å². The molecule has 0 bridgehead atoms. The van der Waals surface area contributed by atoms with Crippen LogP contribution in [0.15, 0.2) is 0 Å². The van der Waals surface area contributed by atoms with Gasteiger partial charge < -0.3 is 5.32 Å². The van der Waals surface area contributed by atoms with Gasteiger partial charge in [0.15, 0.2) is 0 Å². The zero-order valence-corrected chi connectivity index (χ0v) is 14.2. The lowest BCUT2D eigenvalue weighted by Gasteiger charge is -2.27. The van der Waals surface area contributed by atoms with Crippen LogP contribution < -0.4 is 5.32 Å². The van der Waals surface area contributed by atoms with Crippen molar-refractivity contribution >= 4 is 0 Å². The first kappa shape index (κ1) is 15.6. The summed E-state index contributed by atoms with van der Waals surface area (Å²) in [4.78, 5) is 0. The van der Waals surface area contributed by atoms with E-state index >= 15 is 0 Å². The van der Waals surface area contributed by atoms with Crippen LogP contribution in [0.3, 0.4) is 0 Å². The maximum Gasteiger partial charge on any atom is 0.0328 e. The van der Waals surface area contributed by atoms with Crippen molar-refractivity contribution in [3.63, 3.8) is 0 Å². The van der Waals surface area contributed by atoms with Gasteiger partial charge in [0.1, 0.15) is 0 Å². The van der Waals surface area contributed by atoms with Gasteiger partial charge in [-0.3, -0.25) is 0 Å². The Balaban J connectivity index is 2.40. The standard InChI is InChI=1S/C19H31N/c1-7-10-20-18(11-17-8-9-17)19-15(5)13(3)12(2)14(4)16(19)6/h17-18,20H,7-11H2,1-6H3. The lowest BCUT2D eigenvalue weighted by molar-refractivity contribution is 0.470. The van der Waals surface area contributed by atoms with E-state index in [0.717, 1.165) is 12.5 Å². The van der Waals surface area contributed by atoms with Gasteiger partial charge in [-0.05, 0) is 93.3 Å². The number of hydrogen-bond donors (Lipinski definition) is 1. The molecule has 0 saturated heterocycles. The Hall–Kier alpha value is -0.820. The second kappa shape index (κ2) is 6.30. The molecule has 1 heteroatoms. The van der Waals surface area contributed by atoms with Crippen molar-refractivity contribution in [1.82, 2.24) is 5.32 Å². The maximum atomic E-state index is 3.81. The smallest absolute Gasteiger partial charge is 0.0328 e. The van der Waals surface area contributed by atoms with Gasteiger partial charge in [0.05, 0.1) is 0 Å². The highest BCUT2D eigenvalue weighted by atomic mass is 14.9. The number of rotatable bonds is 6. The van der Waals surface area contributed by atoms with E-state index in [1.54, 1.807) is 5.56 Å². The minimum absolute atomic E-state index is 0.556. The topological polar surface area (TPSA) is 12.0 Å². The van der Waals surface area contributed by atoms with Gasteiger partial charge in [0.2, 0.25) is 0 Å². The van der Waals surface area contributed by atoms with Crippen LogP contribution in [0, 0.1) is 40.5 Å². The van der Waals surface area contributed by atoms with Crippen molar-refractivity contribution in [2.75, 3.05) is 6.54 Å². The molecule has 1 aliphatic rings. The first-order valence-corrected chi connectivity index (χ1v) is 8.27. The predicted octanol–water partition coefficient (Wildman–Crippen LogP) is 5.07. The molecular formula is C19H31N. The Morgan fingerprint density at radius 3 is 1.85 bits per heavy atom. The minimum Gasteiger partial charge on any atom is -0.310 e. The quantitative estimate of drug-likeness (QED) is 0.763. The van der Waals surface area contributed by atoms with E-state index in [1.807, 2.05) is 0 Å². The molecule has 112 valence electrons. The predicted molar refractivity (Wildman–Crippen MR) is 88.5 cm³/mol. The lowest BCUT2D eigenvalue weighted by Crippen LogP contribution is -2.25. The summed E-state index contributed by atoms with van der Waals surface area (Å²) in [6.45, 7) is 14.9. The van der Waals surface area contributed by atoms with Crippen molar-refractivity contribution < 1.29 is 0 Å². The van der Waals surface area contributed by atoms with E-state index in [1.165, 1.54) is 53.5 Å². The summed E-state index contributed by atoms with van der Waals surface area (Å²) in [6.07, 6.45) is 5.41. The molecule has 0 aliphatic heterocycles. The molecule has 1 aromatic carbocycles. The van der Waals surface area contributed by atoms with E-state index in [9.17, 15) is 0 Å². The highest BCUT2D eigenvalue weighted by Crippen LogP contribution is 2.40. The number of benzene rings is 1. The third kappa shape index (κ3) is 3.09. The molecule has 0 spiro atoms. The summed E-state index contributed by atoms with van der Waals surface area (Å²) in [5.41, 5.74) is 9.07. The summed E-state index contributed by atoms with van der Waals surface area (Å²) in [7, 11) is 0.